The van der Waals surface area contributed by atoms with Gasteiger partial charge in [-0.05, 0) is 30.5 Å². The van der Waals surface area contributed by atoms with Gasteiger partial charge in [0.05, 0.1) is 5.69 Å². The van der Waals surface area contributed by atoms with Crippen LogP contribution < -0.4 is 9.64 Å². The average molecular weight is 297 g/mol. The molecular weight excluding hydrogens is 277 g/mol. The summed E-state index contributed by atoms with van der Waals surface area (Å²) in [5, 5.41) is 0. The first kappa shape index (κ1) is 14.6. The maximum atomic E-state index is 13.6. The van der Waals surface area contributed by atoms with Crippen LogP contribution in [0.1, 0.15) is 18.4 Å². The van der Waals surface area contributed by atoms with Gasteiger partial charge in [-0.25, -0.2) is 4.39 Å². The van der Waals surface area contributed by atoms with Crippen molar-refractivity contribution in [3.8, 4) is 5.75 Å². The van der Waals surface area contributed by atoms with Crippen molar-refractivity contribution in [3.63, 3.8) is 0 Å². The summed E-state index contributed by atoms with van der Waals surface area (Å²) in [4.78, 5) is 2.24. The van der Waals surface area contributed by atoms with Crippen molar-refractivity contribution in [1.82, 2.24) is 0 Å². The third-order valence-electron chi connectivity index (χ3n) is 3.97. The molecule has 3 heteroatoms. The molecule has 0 unspecified atom stereocenters. The highest BCUT2D eigenvalue weighted by atomic mass is 19.1. The first-order chi connectivity index (χ1) is 10.7. The lowest BCUT2D eigenvalue weighted by molar-refractivity contribution is 0.304. The lowest BCUT2D eigenvalue weighted by Gasteiger charge is -2.31. The van der Waals surface area contributed by atoms with E-state index in [4.69, 9.17) is 4.74 Å². The Balaban J connectivity index is 1.77. The Hall–Kier alpha value is -2.29. The summed E-state index contributed by atoms with van der Waals surface area (Å²) < 4.78 is 19.5. The number of halogens is 1. The van der Waals surface area contributed by atoms with Gasteiger partial charge >= 0.3 is 0 Å². The van der Waals surface area contributed by atoms with Crippen LogP contribution in [-0.4, -0.2) is 13.1 Å². The van der Waals surface area contributed by atoms with Crippen LogP contribution >= 0.6 is 0 Å². The number of piperidine rings is 1. The molecule has 0 atom stereocenters. The molecule has 1 heterocycles. The predicted octanol–water partition coefficient (Wildman–Crippen LogP) is 4.56. The van der Waals surface area contributed by atoms with E-state index in [-0.39, 0.29) is 5.82 Å². The minimum atomic E-state index is -0.270. The van der Waals surface area contributed by atoms with E-state index < -0.39 is 0 Å². The molecule has 1 saturated heterocycles. The third kappa shape index (κ3) is 3.48. The lowest BCUT2D eigenvalue weighted by Crippen LogP contribution is -2.30. The number of hydrogen-bond donors (Lipinski definition) is 0. The van der Waals surface area contributed by atoms with Crippen molar-refractivity contribution < 1.29 is 9.13 Å². The molecule has 0 saturated carbocycles. The molecule has 2 nitrogen and oxygen atoms in total. The van der Waals surface area contributed by atoms with Crippen LogP contribution in [0.4, 0.5) is 10.1 Å². The Labute approximate surface area is 130 Å². The Morgan fingerprint density at radius 3 is 2.50 bits per heavy atom. The second-order valence-corrected chi connectivity index (χ2v) is 5.62. The molecule has 0 bridgehead atoms. The monoisotopic (exact) mass is 297 g/mol. The number of rotatable bonds is 4. The van der Waals surface area contributed by atoms with E-state index in [2.05, 4.69) is 11.5 Å². The minimum Gasteiger partial charge on any atom is -0.487 e. The van der Waals surface area contributed by atoms with Gasteiger partial charge in [0.2, 0.25) is 0 Å². The van der Waals surface area contributed by atoms with E-state index in [0.29, 0.717) is 12.4 Å². The van der Waals surface area contributed by atoms with Crippen LogP contribution in [0.2, 0.25) is 0 Å². The van der Waals surface area contributed by atoms with E-state index in [9.17, 15) is 4.39 Å². The second kappa shape index (κ2) is 6.65. The van der Waals surface area contributed by atoms with E-state index >= 15 is 0 Å². The third-order valence-corrected chi connectivity index (χ3v) is 3.97. The fourth-order valence-corrected chi connectivity index (χ4v) is 2.66. The van der Waals surface area contributed by atoms with Crippen molar-refractivity contribution in [2.24, 2.45) is 0 Å². The number of anilines is 1. The van der Waals surface area contributed by atoms with Crippen LogP contribution in [0.3, 0.4) is 0 Å². The summed E-state index contributed by atoms with van der Waals surface area (Å²) in [6.07, 6.45) is 1.96. The zero-order valence-corrected chi connectivity index (χ0v) is 12.6. The van der Waals surface area contributed by atoms with E-state index in [0.717, 1.165) is 37.2 Å². The topological polar surface area (TPSA) is 12.5 Å². The van der Waals surface area contributed by atoms with Crippen molar-refractivity contribution in [2.45, 2.75) is 19.4 Å². The summed E-state index contributed by atoms with van der Waals surface area (Å²) in [7, 11) is 0. The summed E-state index contributed by atoms with van der Waals surface area (Å²) in [5.41, 5.74) is 3.32. The number of benzene rings is 2. The van der Waals surface area contributed by atoms with Gasteiger partial charge in [-0.2, -0.15) is 0 Å². The highest BCUT2D eigenvalue weighted by molar-refractivity contribution is 5.59. The molecule has 1 fully saturated rings. The van der Waals surface area contributed by atoms with Crippen LogP contribution in [0, 0.1) is 5.82 Å². The maximum Gasteiger partial charge on any atom is 0.146 e. The van der Waals surface area contributed by atoms with Gasteiger partial charge in [0, 0.05) is 19.2 Å². The summed E-state index contributed by atoms with van der Waals surface area (Å²) in [6.45, 7) is 6.30. The first-order valence-electron chi connectivity index (χ1n) is 7.60. The van der Waals surface area contributed by atoms with Crippen LogP contribution in [0.5, 0.6) is 5.75 Å². The highest BCUT2D eigenvalue weighted by Gasteiger charge is 2.17. The van der Waals surface area contributed by atoms with Crippen molar-refractivity contribution >= 4 is 5.69 Å². The van der Waals surface area contributed by atoms with E-state index in [1.165, 1.54) is 17.7 Å². The van der Waals surface area contributed by atoms with Gasteiger partial charge in [0.15, 0.2) is 0 Å². The average Bonchev–Trinajstić information content (AvgIpc) is 2.55. The van der Waals surface area contributed by atoms with Crippen molar-refractivity contribution in [3.05, 3.63) is 72.1 Å². The zero-order chi connectivity index (χ0) is 15.4. The maximum absolute atomic E-state index is 13.6. The van der Waals surface area contributed by atoms with Gasteiger partial charge in [-0.3, -0.25) is 0 Å². The number of nitrogens with zero attached hydrogens (tertiary/aromatic N) is 1. The molecule has 114 valence electrons. The van der Waals surface area contributed by atoms with Gasteiger partial charge in [-0.15, -0.1) is 0 Å². The fourth-order valence-electron chi connectivity index (χ4n) is 2.66. The largest absolute Gasteiger partial charge is 0.487 e. The smallest absolute Gasteiger partial charge is 0.146 e. The van der Waals surface area contributed by atoms with Gasteiger partial charge in [-0.1, -0.05) is 42.5 Å². The van der Waals surface area contributed by atoms with Crippen LogP contribution in [-0.2, 0) is 6.61 Å². The van der Waals surface area contributed by atoms with Crippen molar-refractivity contribution in [1.29, 1.82) is 0 Å². The lowest BCUT2D eigenvalue weighted by atomic mass is 10.1. The normalized spacial score (nSPS) is 15.0. The Kier molecular flexibility index (Phi) is 4.42. The molecule has 22 heavy (non-hydrogen) atoms. The SMILES string of the molecule is C=C1CCN(c2ccc(F)cc2OCc2ccccc2)CC1. The van der Waals surface area contributed by atoms with Crippen molar-refractivity contribution in [2.75, 3.05) is 18.0 Å². The summed E-state index contributed by atoms with van der Waals surface area (Å²) in [5.74, 6) is 0.338. The van der Waals surface area contributed by atoms with Gasteiger partial charge < -0.3 is 9.64 Å². The molecule has 2 aromatic rings. The molecule has 2 aromatic carbocycles. The summed E-state index contributed by atoms with van der Waals surface area (Å²) in [6, 6.07) is 14.7. The minimum absolute atomic E-state index is 0.270. The molecule has 3 rings (SSSR count). The summed E-state index contributed by atoms with van der Waals surface area (Å²) >= 11 is 0. The highest BCUT2D eigenvalue weighted by Crippen LogP contribution is 2.32. The molecule has 0 spiro atoms. The molecule has 0 aromatic heterocycles. The second-order valence-electron chi connectivity index (χ2n) is 5.62. The standard InChI is InChI=1S/C19H20FNO/c1-15-9-11-21(12-10-15)18-8-7-17(20)13-19(18)22-14-16-5-3-2-4-6-16/h2-8,13H,1,9-12,14H2. The van der Waals surface area contributed by atoms with E-state index in [1.807, 2.05) is 36.4 Å². The zero-order valence-electron chi connectivity index (χ0n) is 12.6. The molecular formula is C19H20FNO. The Bertz CT molecular complexity index is 644. The van der Waals surface area contributed by atoms with E-state index in [1.54, 1.807) is 0 Å². The molecule has 0 N–H and O–H groups in total. The fraction of sp³-hybridized carbons (Fsp3) is 0.263. The molecule has 1 aliphatic rings. The van der Waals surface area contributed by atoms with Crippen LogP contribution in [0.15, 0.2) is 60.7 Å². The Morgan fingerprint density at radius 2 is 1.77 bits per heavy atom. The Morgan fingerprint density at radius 1 is 1.05 bits per heavy atom. The predicted molar refractivity (Wildman–Crippen MR) is 87.8 cm³/mol. The number of ether oxygens (including phenoxy) is 1. The van der Waals surface area contributed by atoms with Crippen LogP contribution in [0.25, 0.3) is 0 Å². The quantitative estimate of drug-likeness (QED) is 0.767. The first-order valence-corrected chi connectivity index (χ1v) is 7.60. The van der Waals surface area contributed by atoms with Gasteiger partial charge in [0.1, 0.15) is 18.2 Å². The molecule has 1 aliphatic heterocycles. The van der Waals surface area contributed by atoms with Gasteiger partial charge in [0.25, 0.3) is 0 Å². The molecule has 0 radical (unpaired) electrons. The number of hydrogen-bond acceptors (Lipinski definition) is 2. The molecule has 0 amide bonds. The molecule has 0 aliphatic carbocycles.